The number of hydrogen-bond donors (Lipinski definition) is 0. The summed E-state index contributed by atoms with van der Waals surface area (Å²) in [7, 11) is 0. The summed E-state index contributed by atoms with van der Waals surface area (Å²) in [4.78, 5) is 0. The summed E-state index contributed by atoms with van der Waals surface area (Å²) in [6, 6.07) is 49.6. The zero-order valence-corrected chi connectivity index (χ0v) is 20.6. The highest BCUT2D eigenvalue weighted by molar-refractivity contribution is 6.16. The van der Waals surface area contributed by atoms with E-state index >= 15 is 0 Å². The smallest absolute Gasteiger partial charge is 0.161 e. The molecule has 0 fully saturated rings. The second-order valence-electron chi connectivity index (χ2n) is 9.79. The minimum absolute atomic E-state index is 0.908. The summed E-state index contributed by atoms with van der Waals surface area (Å²) < 4.78 is 8.81. The Morgan fingerprint density at radius 1 is 0.474 bits per heavy atom. The summed E-state index contributed by atoms with van der Waals surface area (Å²) in [5.74, 6) is 0. The molecule has 0 aliphatic rings. The van der Waals surface area contributed by atoms with Crippen LogP contribution in [0.3, 0.4) is 0 Å². The molecule has 2 heteroatoms. The third-order valence-corrected chi connectivity index (χ3v) is 7.57. The summed E-state index contributed by atoms with van der Waals surface area (Å²) in [5, 5.41) is 4.74. The Morgan fingerprint density at radius 3 is 2.05 bits per heavy atom. The van der Waals surface area contributed by atoms with Crippen molar-refractivity contribution in [3.8, 4) is 27.9 Å². The second kappa shape index (κ2) is 8.22. The largest absolute Gasteiger partial charge is 0.454 e. The average Bonchev–Trinajstić information content (AvgIpc) is 3.52. The number of fused-ring (bicyclic) bond motifs is 6. The van der Waals surface area contributed by atoms with E-state index in [1.165, 1.54) is 33.0 Å². The fourth-order valence-electron chi connectivity index (χ4n) is 5.86. The van der Waals surface area contributed by atoms with Gasteiger partial charge < -0.3 is 8.98 Å². The topological polar surface area (TPSA) is 18.1 Å². The van der Waals surface area contributed by atoms with Crippen LogP contribution >= 0.6 is 0 Å². The van der Waals surface area contributed by atoms with Crippen LogP contribution in [0.5, 0.6) is 0 Å². The van der Waals surface area contributed by atoms with Crippen LogP contribution < -0.4 is 0 Å². The van der Waals surface area contributed by atoms with Crippen LogP contribution in [0, 0.1) is 0 Å². The Balaban J connectivity index is 1.50. The maximum Gasteiger partial charge on any atom is 0.161 e. The molecule has 6 aromatic carbocycles. The van der Waals surface area contributed by atoms with Crippen LogP contribution in [0.2, 0.25) is 0 Å². The molecule has 0 aliphatic carbocycles. The lowest BCUT2D eigenvalue weighted by molar-refractivity contribution is 0.673. The van der Waals surface area contributed by atoms with Crippen molar-refractivity contribution in [1.82, 2.24) is 4.57 Å². The first-order valence-corrected chi connectivity index (χ1v) is 12.9. The van der Waals surface area contributed by atoms with Gasteiger partial charge in [0.05, 0.1) is 5.52 Å². The van der Waals surface area contributed by atoms with E-state index in [1.54, 1.807) is 0 Å². The fourth-order valence-corrected chi connectivity index (χ4v) is 5.86. The molecule has 0 spiro atoms. The summed E-state index contributed by atoms with van der Waals surface area (Å²) in [6.45, 7) is 0. The van der Waals surface area contributed by atoms with Gasteiger partial charge in [-0.25, -0.2) is 0 Å². The second-order valence-corrected chi connectivity index (χ2v) is 9.79. The number of hydrogen-bond acceptors (Lipinski definition) is 1. The predicted octanol–water partition coefficient (Wildman–Crippen LogP) is 10.0. The molecule has 0 bridgehead atoms. The first kappa shape index (κ1) is 21.0. The van der Waals surface area contributed by atoms with E-state index in [-0.39, 0.29) is 0 Å². The van der Waals surface area contributed by atoms with Crippen molar-refractivity contribution in [3.05, 3.63) is 140 Å². The molecule has 8 aromatic rings. The predicted molar refractivity (Wildman–Crippen MR) is 159 cm³/mol. The monoisotopic (exact) mass is 485 g/mol. The molecule has 38 heavy (non-hydrogen) atoms. The molecule has 8 rings (SSSR count). The minimum Gasteiger partial charge on any atom is -0.454 e. The Hall–Kier alpha value is -5.08. The molecule has 0 atom stereocenters. The lowest BCUT2D eigenvalue weighted by atomic mass is 9.94. The zero-order valence-electron chi connectivity index (χ0n) is 20.6. The lowest BCUT2D eigenvalue weighted by Gasteiger charge is -2.15. The summed E-state index contributed by atoms with van der Waals surface area (Å²) >= 11 is 0. The van der Waals surface area contributed by atoms with Crippen LogP contribution in [0.4, 0.5) is 0 Å². The summed E-state index contributed by atoms with van der Waals surface area (Å²) in [6.07, 6.45) is 0. The third-order valence-electron chi connectivity index (χ3n) is 7.57. The van der Waals surface area contributed by atoms with Gasteiger partial charge >= 0.3 is 0 Å². The van der Waals surface area contributed by atoms with Gasteiger partial charge in [-0.3, -0.25) is 0 Å². The molecular formula is C36H23NO. The van der Waals surface area contributed by atoms with Crippen molar-refractivity contribution in [2.75, 3.05) is 0 Å². The van der Waals surface area contributed by atoms with Crippen molar-refractivity contribution in [3.63, 3.8) is 0 Å². The standard InChI is InChI=1S/C36H23NO/c1-2-11-24(12-3-1)26-21-27(30-18-10-14-25-13-4-5-15-29(25)30)23-28(22-26)37-33-19-8-6-16-31(33)36-35(37)32-17-7-9-20-34(32)38-36/h1-23H. The molecule has 2 aromatic heterocycles. The van der Waals surface area contributed by atoms with Crippen LogP contribution in [0.1, 0.15) is 0 Å². The van der Waals surface area contributed by atoms with Gasteiger partial charge in [0.15, 0.2) is 5.58 Å². The molecule has 0 saturated heterocycles. The summed E-state index contributed by atoms with van der Waals surface area (Å²) in [5.41, 5.74) is 10.0. The van der Waals surface area contributed by atoms with Gasteiger partial charge in [0.2, 0.25) is 0 Å². The normalized spacial score (nSPS) is 11.7. The molecule has 178 valence electrons. The Bertz CT molecular complexity index is 2120. The van der Waals surface area contributed by atoms with E-state index in [1.807, 2.05) is 6.07 Å². The van der Waals surface area contributed by atoms with Gasteiger partial charge in [-0.05, 0) is 75.5 Å². The highest BCUT2D eigenvalue weighted by atomic mass is 16.3. The van der Waals surface area contributed by atoms with Gasteiger partial charge in [0.1, 0.15) is 11.1 Å². The van der Waals surface area contributed by atoms with Crippen molar-refractivity contribution in [1.29, 1.82) is 0 Å². The number of furan rings is 1. The molecule has 0 aliphatic heterocycles. The number of aromatic nitrogens is 1. The van der Waals surface area contributed by atoms with Crippen molar-refractivity contribution < 1.29 is 4.42 Å². The number of rotatable bonds is 3. The van der Waals surface area contributed by atoms with E-state index in [0.717, 1.165) is 38.7 Å². The molecule has 0 unspecified atom stereocenters. The highest BCUT2D eigenvalue weighted by Crippen LogP contribution is 2.41. The molecular weight excluding hydrogens is 462 g/mol. The average molecular weight is 486 g/mol. The lowest BCUT2D eigenvalue weighted by Crippen LogP contribution is -1.96. The van der Waals surface area contributed by atoms with Gasteiger partial charge in [-0.2, -0.15) is 0 Å². The number of benzene rings is 6. The van der Waals surface area contributed by atoms with E-state index in [4.69, 9.17) is 4.42 Å². The Kier molecular flexibility index (Phi) is 4.55. The Morgan fingerprint density at radius 2 is 1.16 bits per heavy atom. The minimum atomic E-state index is 0.908. The van der Waals surface area contributed by atoms with Gasteiger partial charge in [-0.1, -0.05) is 97.1 Å². The van der Waals surface area contributed by atoms with Crippen LogP contribution in [0.15, 0.2) is 144 Å². The van der Waals surface area contributed by atoms with E-state index < -0.39 is 0 Å². The number of nitrogens with zero attached hydrogens (tertiary/aromatic N) is 1. The third kappa shape index (κ3) is 3.14. The first-order valence-electron chi connectivity index (χ1n) is 12.9. The van der Waals surface area contributed by atoms with Gasteiger partial charge in [0.25, 0.3) is 0 Å². The fraction of sp³-hybridized carbons (Fsp3) is 0. The maximum atomic E-state index is 6.43. The Labute approximate surface area is 220 Å². The zero-order chi connectivity index (χ0) is 25.1. The van der Waals surface area contributed by atoms with Crippen LogP contribution in [-0.4, -0.2) is 4.57 Å². The van der Waals surface area contributed by atoms with Crippen LogP contribution in [-0.2, 0) is 0 Å². The van der Waals surface area contributed by atoms with E-state index in [0.29, 0.717) is 0 Å². The molecule has 0 N–H and O–H groups in total. The molecule has 2 heterocycles. The quantitative estimate of drug-likeness (QED) is 0.243. The molecule has 0 radical (unpaired) electrons. The van der Waals surface area contributed by atoms with Crippen molar-refractivity contribution in [2.24, 2.45) is 0 Å². The van der Waals surface area contributed by atoms with Crippen LogP contribution in [0.25, 0.3) is 71.7 Å². The molecule has 2 nitrogen and oxygen atoms in total. The first-order chi connectivity index (χ1) is 18.8. The highest BCUT2D eigenvalue weighted by Gasteiger charge is 2.20. The van der Waals surface area contributed by atoms with Gasteiger partial charge in [-0.15, -0.1) is 0 Å². The maximum absolute atomic E-state index is 6.43. The molecule has 0 amide bonds. The van der Waals surface area contributed by atoms with Gasteiger partial charge in [0, 0.05) is 16.5 Å². The van der Waals surface area contributed by atoms with Crippen molar-refractivity contribution >= 4 is 43.7 Å². The van der Waals surface area contributed by atoms with Crippen molar-refractivity contribution in [2.45, 2.75) is 0 Å². The SMILES string of the molecule is c1ccc(-c2cc(-c3cccc4ccccc34)cc(-n3c4ccccc4c4oc5ccccc5c43)c2)cc1. The number of para-hydroxylation sites is 2. The molecule has 0 saturated carbocycles. The van der Waals surface area contributed by atoms with E-state index in [2.05, 4.69) is 138 Å². The van der Waals surface area contributed by atoms with E-state index in [9.17, 15) is 0 Å².